The van der Waals surface area contributed by atoms with E-state index >= 15 is 0 Å². The summed E-state index contributed by atoms with van der Waals surface area (Å²) in [5.41, 5.74) is 1.17. The Kier molecular flexibility index (Phi) is 3.68. The second kappa shape index (κ2) is 6.58. The van der Waals surface area contributed by atoms with Crippen molar-refractivity contribution in [1.82, 2.24) is 9.88 Å². The van der Waals surface area contributed by atoms with Gasteiger partial charge < -0.3 is 14.7 Å². The van der Waals surface area contributed by atoms with Gasteiger partial charge in [0.05, 0.1) is 23.1 Å². The van der Waals surface area contributed by atoms with Crippen LogP contribution in [0.15, 0.2) is 17.8 Å². The van der Waals surface area contributed by atoms with Gasteiger partial charge in [-0.25, -0.2) is 0 Å². The highest BCUT2D eigenvalue weighted by molar-refractivity contribution is 6.09. The molecule has 1 fully saturated rings. The fraction of sp³-hybridized carbons (Fsp3) is 0.526. The number of ether oxygens (including phenoxy) is 1. The zero-order valence-corrected chi connectivity index (χ0v) is 14.4. The third kappa shape index (κ3) is 3.17. The van der Waals surface area contributed by atoms with E-state index in [0.29, 0.717) is 35.6 Å². The number of ketones is 1. The van der Waals surface area contributed by atoms with Crippen molar-refractivity contribution in [3.63, 3.8) is 0 Å². The van der Waals surface area contributed by atoms with Crippen LogP contribution in [0.3, 0.4) is 0 Å². The summed E-state index contributed by atoms with van der Waals surface area (Å²) in [5.74, 6) is -0.281. The Hall–Kier alpha value is -2.23. The number of fused-ring (bicyclic) bond motifs is 1. The molecule has 2 aliphatic rings. The van der Waals surface area contributed by atoms with E-state index in [9.17, 15) is 15.2 Å². The predicted octanol–water partition coefficient (Wildman–Crippen LogP) is 2.00. The number of pyridine rings is 1. The summed E-state index contributed by atoms with van der Waals surface area (Å²) in [6, 6.07) is 3.73. The van der Waals surface area contributed by atoms with Gasteiger partial charge >= 0.3 is 0 Å². The number of carbonyl (C=O) groups is 1. The number of rotatable bonds is 3. The highest BCUT2D eigenvalue weighted by Gasteiger charge is 2.35. The van der Waals surface area contributed by atoms with Gasteiger partial charge in [-0.1, -0.05) is 0 Å². The highest BCUT2D eigenvalue weighted by Crippen LogP contribution is 2.36. The fourth-order valence-corrected chi connectivity index (χ4v) is 3.36. The molecular weight excluding hydrogens is 318 g/mol. The maximum absolute atomic E-state index is 12.5. The number of nitrogens with zero attached hydrogens (tertiary/aromatic N) is 3. The number of aliphatic hydroxyl groups excluding tert-OH is 1. The summed E-state index contributed by atoms with van der Waals surface area (Å²) in [4.78, 5) is 18.6. The number of nitriles is 1. The molecule has 0 bridgehead atoms. The van der Waals surface area contributed by atoms with Gasteiger partial charge in [-0.05, 0) is 38.2 Å². The molecule has 2 heterocycles. The molecule has 1 aromatic heterocycles. The van der Waals surface area contributed by atoms with E-state index in [1.54, 1.807) is 19.2 Å². The SMILES string of the molecule is [2H]C([2H])([2H])C1(OC)CCN(C2=C(C#N)C(=O)Cc3cnc(C(C)O)cc32)CC1. The molecule has 3 rings (SSSR count). The summed E-state index contributed by atoms with van der Waals surface area (Å²) >= 11 is 0. The number of aliphatic hydroxyl groups is 1. The largest absolute Gasteiger partial charge is 0.387 e. The maximum atomic E-state index is 12.5. The number of methoxy groups -OCH3 is 1. The molecule has 6 nitrogen and oxygen atoms in total. The summed E-state index contributed by atoms with van der Waals surface area (Å²) in [6.07, 6.45) is 1.36. The molecule has 25 heavy (non-hydrogen) atoms. The van der Waals surface area contributed by atoms with Crippen molar-refractivity contribution in [2.24, 2.45) is 0 Å². The molecule has 1 aliphatic heterocycles. The monoisotopic (exact) mass is 344 g/mol. The van der Waals surface area contributed by atoms with Gasteiger partial charge in [0.15, 0.2) is 5.78 Å². The number of hydrogen-bond acceptors (Lipinski definition) is 6. The first kappa shape index (κ1) is 14.0. The van der Waals surface area contributed by atoms with E-state index in [4.69, 9.17) is 8.85 Å². The lowest BCUT2D eigenvalue weighted by molar-refractivity contribution is -0.114. The van der Waals surface area contributed by atoms with Gasteiger partial charge in [-0.15, -0.1) is 0 Å². The summed E-state index contributed by atoms with van der Waals surface area (Å²) in [6.45, 7) is 0.0169. The molecular formula is C19H23N3O3. The molecule has 0 spiro atoms. The van der Waals surface area contributed by atoms with E-state index in [1.807, 2.05) is 11.0 Å². The average Bonchev–Trinajstić information content (AvgIpc) is 2.65. The third-order valence-electron chi connectivity index (χ3n) is 4.95. The van der Waals surface area contributed by atoms with Crippen molar-refractivity contribution in [3.8, 4) is 6.07 Å². The van der Waals surface area contributed by atoms with E-state index < -0.39 is 18.6 Å². The molecule has 6 heteroatoms. The Bertz CT molecular complexity index is 863. The van der Waals surface area contributed by atoms with Crippen LogP contribution in [0.1, 0.15) is 53.7 Å². The van der Waals surface area contributed by atoms with Crippen molar-refractivity contribution in [1.29, 1.82) is 5.26 Å². The van der Waals surface area contributed by atoms with E-state index in [2.05, 4.69) is 4.98 Å². The lowest BCUT2D eigenvalue weighted by atomic mass is 9.86. The number of Topliss-reactive ketones (excluding diaryl/α,β-unsaturated/α-hetero) is 1. The number of aromatic nitrogens is 1. The van der Waals surface area contributed by atoms with Crippen LogP contribution in [0.4, 0.5) is 0 Å². The molecule has 1 aliphatic carbocycles. The van der Waals surface area contributed by atoms with Crippen LogP contribution in [-0.4, -0.2) is 46.6 Å². The zero-order chi connectivity index (χ0) is 20.7. The van der Waals surface area contributed by atoms with Crippen molar-refractivity contribution in [2.75, 3.05) is 20.2 Å². The van der Waals surface area contributed by atoms with Crippen LogP contribution in [0, 0.1) is 11.3 Å². The molecule has 1 aromatic rings. The van der Waals surface area contributed by atoms with Crippen LogP contribution in [0.2, 0.25) is 0 Å². The minimum Gasteiger partial charge on any atom is -0.387 e. The normalized spacial score (nSPS) is 23.2. The predicted molar refractivity (Wildman–Crippen MR) is 92.3 cm³/mol. The van der Waals surface area contributed by atoms with Crippen molar-refractivity contribution >= 4 is 11.5 Å². The summed E-state index contributed by atoms with van der Waals surface area (Å²) in [7, 11) is 1.40. The topological polar surface area (TPSA) is 86.5 Å². The lowest BCUT2D eigenvalue weighted by Crippen LogP contribution is -2.43. The van der Waals surface area contributed by atoms with Gasteiger partial charge in [0.2, 0.25) is 0 Å². The quantitative estimate of drug-likeness (QED) is 0.902. The molecule has 1 atom stereocenters. The second-order valence-corrected chi connectivity index (χ2v) is 6.56. The van der Waals surface area contributed by atoms with Gasteiger partial charge in [-0.3, -0.25) is 9.78 Å². The number of piperidine rings is 1. The molecule has 1 saturated heterocycles. The van der Waals surface area contributed by atoms with Crippen molar-refractivity contribution < 1.29 is 18.8 Å². The fourth-order valence-electron chi connectivity index (χ4n) is 3.36. The standard InChI is InChI=1S/C19H23N3O3/c1-12(23)16-9-14-13(11-21-16)8-17(24)15(10-20)18(14)22-6-4-19(2,25-3)5-7-22/h9,11-12,23H,4-8H2,1-3H3/i2D3. The average molecular weight is 344 g/mol. The Morgan fingerprint density at radius 2 is 2.24 bits per heavy atom. The van der Waals surface area contributed by atoms with Crippen LogP contribution < -0.4 is 0 Å². The first-order valence-corrected chi connectivity index (χ1v) is 8.28. The second-order valence-electron chi connectivity index (χ2n) is 6.56. The number of carbonyl (C=O) groups excluding carboxylic acids is 1. The van der Waals surface area contributed by atoms with Gasteiger partial charge in [0, 0.05) is 42.5 Å². The van der Waals surface area contributed by atoms with Gasteiger partial charge in [-0.2, -0.15) is 5.26 Å². The number of hydrogen-bond donors (Lipinski definition) is 1. The van der Waals surface area contributed by atoms with E-state index in [0.717, 1.165) is 0 Å². The minimum absolute atomic E-state index is 0.0639. The molecule has 0 aromatic carbocycles. The molecule has 0 radical (unpaired) electrons. The number of allylic oxidation sites excluding steroid dienone is 1. The molecule has 1 N–H and O–H groups in total. The van der Waals surface area contributed by atoms with E-state index in [-0.39, 0.29) is 30.6 Å². The van der Waals surface area contributed by atoms with Crippen LogP contribution in [-0.2, 0) is 16.0 Å². The maximum Gasteiger partial charge on any atom is 0.179 e. The number of likely N-dealkylation sites (tertiary alicyclic amines) is 1. The van der Waals surface area contributed by atoms with Crippen LogP contribution >= 0.6 is 0 Å². The zero-order valence-electron chi connectivity index (χ0n) is 17.4. The summed E-state index contributed by atoms with van der Waals surface area (Å²) in [5, 5.41) is 19.5. The highest BCUT2D eigenvalue weighted by atomic mass is 16.5. The molecule has 132 valence electrons. The van der Waals surface area contributed by atoms with Crippen molar-refractivity contribution in [2.45, 2.75) is 44.7 Å². The lowest BCUT2D eigenvalue weighted by Gasteiger charge is -2.41. The molecule has 0 amide bonds. The summed E-state index contributed by atoms with van der Waals surface area (Å²) < 4.78 is 28.9. The third-order valence-corrected chi connectivity index (χ3v) is 4.95. The first-order chi connectivity index (χ1) is 13.1. The molecule has 1 unspecified atom stereocenters. The first-order valence-electron chi connectivity index (χ1n) is 9.78. The Morgan fingerprint density at radius 1 is 1.52 bits per heavy atom. The minimum atomic E-state index is -2.26. The Labute approximate surface area is 151 Å². The Morgan fingerprint density at radius 3 is 2.80 bits per heavy atom. The smallest absolute Gasteiger partial charge is 0.179 e. The van der Waals surface area contributed by atoms with Gasteiger partial charge in [0.25, 0.3) is 0 Å². The van der Waals surface area contributed by atoms with Crippen molar-refractivity contribution in [3.05, 3.63) is 34.7 Å². The van der Waals surface area contributed by atoms with Crippen LogP contribution in [0.25, 0.3) is 5.70 Å². The van der Waals surface area contributed by atoms with Gasteiger partial charge in [0.1, 0.15) is 11.6 Å². The molecule has 0 saturated carbocycles. The van der Waals surface area contributed by atoms with E-state index in [1.165, 1.54) is 7.11 Å². The Balaban J connectivity index is 2.02. The van der Waals surface area contributed by atoms with Crippen LogP contribution in [0.5, 0.6) is 0 Å².